The lowest BCUT2D eigenvalue weighted by Gasteiger charge is -2.33. The van der Waals surface area contributed by atoms with Crippen LogP contribution in [-0.4, -0.2) is 47.5 Å². The molecule has 2 N–H and O–H groups in total. The molecule has 0 bridgehead atoms. The molecule has 3 amide bonds. The maximum atomic E-state index is 13.4. The fourth-order valence-electron chi connectivity index (χ4n) is 3.80. The number of aryl methyl sites for hydroxylation is 1. The van der Waals surface area contributed by atoms with Crippen molar-refractivity contribution in [3.8, 4) is 0 Å². The molecule has 0 aromatic heterocycles. The molecule has 1 aliphatic rings. The monoisotopic (exact) mass is 443 g/mol. The summed E-state index contributed by atoms with van der Waals surface area (Å²) in [5, 5.41) is 5.64. The van der Waals surface area contributed by atoms with Crippen molar-refractivity contribution in [2.45, 2.75) is 77.5 Å². The maximum Gasteiger partial charge on any atom is 0.408 e. The van der Waals surface area contributed by atoms with Gasteiger partial charge in [-0.1, -0.05) is 55.2 Å². The second kappa shape index (κ2) is 11.7. The van der Waals surface area contributed by atoms with Gasteiger partial charge in [-0.2, -0.15) is 0 Å². The zero-order valence-electron chi connectivity index (χ0n) is 19.8. The molecule has 176 valence electrons. The van der Waals surface area contributed by atoms with E-state index in [9.17, 15) is 14.4 Å². The Morgan fingerprint density at radius 1 is 1.16 bits per heavy atom. The Hall–Kier alpha value is -2.83. The van der Waals surface area contributed by atoms with E-state index >= 15 is 0 Å². The molecule has 0 radical (unpaired) electrons. The van der Waals surface area contributed by atoms with Crippen molar-refractivity contribution in [1.29, 1.82) is 0 Å². The Labute approximate surface area is 191 Å². The van der Waals surface area contributed by atoms with Gasteiger partial charge in [-0.15, -0.1) is 6.58 Å². The summed E-state index contributed by atoms with van der Waals surface area (Å²) in [5.74, 6) is -0.603. The number of amides is 3. The number of nitrogens with zero attached hydrogens (tertiary/aromatic N) is 1. The van der Waals surface area contributed by atoms with Gasteiger partial charge in [0, 0.05) is 12.6 Å². The highest BCUT2D eigenvalue weighted by atomic mass is 16.6. The third kappa shape index (κ3) is 8.02. The van der Waals surface area contributed by atoms with E-state index in [4.69, 9.17) is 4.74 Å². The molecule has 0 aliphatic heterocycles. The largest absolute Gasteiger partial charge is 0.444 e. The Balaban J connectivity index is 2.22. The molecule has 1 fully saturated rings. The Morgan fingerprint density at radius 3 is 2.34 bits per heavy atom. The fraction of sp³-hybridized carbons (Fsp3) is 0.560. The molecular formula is C25H37N3O4. The van der Waals surface area contributed by atoms with Gasteiger partial charge in [0.2, 0.25) is 11.8 Å². The molecule has 0 heterocycles. The molecule has 2 rings (SSSR count). The SMILES string of the molecule is C=CCN(C(=O)CNC(=O)OC(C)(C)C)C(C(=O)NC1CCCCC1)c1ccc(C)cc1. The average molecular weight is 444 g/mol. The lowest BCUT2D eigenvalue weighted by atomic mass is 9.94. The molecular weight excluding hydrogens is 406 g/mol. The summed E-state index contributed by atoms with van der Waals surface area (Å²) < 4.78 is 5.21. The number of alkyl carbamates (subject to hydrolysis) is 1. The Kier molecular flexibility index (Phi) is 9.29. The lowest BCUT2D eigenvalue weighted by Crippen LogP contribution is -2.49. The minimum atomic E-state index is -0.816. The van der Waals surface area contributed by atoms with Crippen LogP contribution in [0.4, 0.5) is 4.79 Å². The summed E-state index contributed by atoms with van der Waals surface area (Å²) in [6.07, 6.45) is 6.17. The normalized spacial score (nSPS) is 15.4. The fourth-order valence-corrected chi connectivity index (χ4v) is 3.80. The van der Waals surface area contributed by atoms with Gasteiger partial charge in [-0.05, 0) is 46.1 Å². The molecule has 1 atom stereocenters. The third-order valence-corrected chi connectivity index (χ3v) is 5.33. The van der Waals surface area contributed by atoms with E-state index in [-0.39, 0.29) is 30.9 Å². The molecule has 0 spiro atoms. The summed E-state index contributed by atoms with van der Waals surface area (Å²) in [7, 11) is 0. The third-order valence-electron chi connectivity index (χ3n) is 5.33. The Bertz CT molecular complexity index is 792. The van der Waals surface area contributed by atoms with Crippen molar-refractivity contribution in [3.05, 3.63) is 48.0 Å². The van der Waals surface area contributed by atoms with Crippen molar-refractivity contribution >= 4 is 17.9 Å². The predicted molar refractivity (Wildman–Crippen MR) is 125 cm³/mol. The summed E-state index contributed by atoms with van der Waals surface area (Å²) in [6.45, 7) is 10.9. The van der Waals surface area contributed by atoms with E-state index in [2.05, 4.69) is 17.2 Å². The highest BCUT2D eigenvalue weighted by molar-refractivity contribution is 5.90. The number of hydrogen-bond acceptors (Lipinski definition) is 4. The Morgan fingerprint density at radius 2 is 1.78 bits per heavy atom. The minimum absolute atomic E-state index is 0.116. The van der Waals surface area contributed by atoms with Gasteiger partial charge in [0.15, 0.2) is 0 Å². The van der Waals surface area contributed by atoms with E-state index in [0.29, 0.717) is 0 Å². The second-order valence-electron chi connectivity index (χ2n) is 9.35. The number of carbonyl (C=O) groups is 3. The number of carbonyl (C=O) groups excluding carboxylic acids is 3. The van der Waals surface area contributed by atoms with Crippen LogP contribution in [-0.2, 0) is 14.3 Å². The van der Waals surface area contributed by atoms with Gasteiger partial charge < -0.3 is 20.3 Å². The van der Waals surface area contributed by atoms with Crippen molar-refractivity contribution in [2.24, 2.45) is 0 Å². The smallest absolute Gasteiger partial charge is 0.408 e. The molecule has 1 aromatic rings. The van der Waals surface area contributed by atoms with Gasteiger partial charge in [-0.25, -0.2) is 4.79 Å². The zero-order chi connectivity index (χ0) is 23.7. The van der Waals surface area contributed by atoms with Crippen LogP contribution in [0, 0.1) is 6.92 Å². The van der Waals surface area contributed by atoms with Gasteiger partial charge in [-0.3, -0.25) is 9.59 Å². The van der Waals surface area contributed by atoms with Gasteiger partial charge in [0.25, 0.3) is 0 Å². The summed E-state index contributed by atoms with van der Waals surface area (Å²) in [6, 6.07) is 6.88. The van der Waals surface area contributed by atoms with Crippen molar-refractivity contribution in [3.63, 3.8) is 0 Å². The molecule has 7 nitrogen and oxygen atoms in total. The number of rotatable bonds is 8. The molecule has 1 saturated carbocycles. The standard InChI is InChI=1S/C25H37N3O4/c1-6-16-28(21(29)17-26-24(31)32-25(3,4)5)22(19-14-12-18(2)13-15-19)23(30)27-20-10-8-7-9-11-20/h6,12-15,20,22H,1,7-11,16-17H2,2-5H3,(H,26,31)(H,27,30). The van der Waals surface area contributed by atoms with Crippen molar-refractivity contribution < 1.29 is 19.1 Å². The topological polar surface area (TPSA) is 87.7 Å². The van der Waals surface area contributed by atoms with Crippen molar-refractivity contribution in [2.75, 3.05) is 13.1 Å². The number of nitrogens with one attached hydrogen (secondary N) is 2. The van der Waals surface area contributed by atoms with Gasteiger partial charge in [0.05, 0.1) is 0 Å². The lowest BCUT2D eigenvalue weighted by molar-refractivity contribution is -0.140. The molecule has 32 heavy (non-hydrogen) atoms. The van der Waals surface area contributed by atoms with Crippen molar-refractivity contribution in [1.82, 2.24) is 15.5 Å². The van der Waals surface area contributed by atoms with E-state index < -0.39 is 17.7 Å². The van der Waals surface area contributed by atoms with Crippen LogP contribution in [0.5, 0.6) is 0 Å². The summed E-state index contributed by atoms with van der Waals surface area (Å²) in [5.41, 5.74) is 1.11. The van der Waals surface area contributed by atoms with Gasteiger partial charge >= 0.3 is 6.09 Å². The first-order chi connectivity index (χ1) is 15.1. The minimum Gasteiger partial charge on any atom is -0.444 e. The quantitative estimate of drug-likeness (QED) is 0.594. The number of ether oxygens (including phenoxy) is 1. The van der Waals surface area contributed by atoms with E-state index in [0.717, 1.165) is 36.8 Å². The molecule has 1 aliphatic carbocycles. The van der Waals surface area contributed by atoms with Crippen LogP contribution < -0.4 is 10.6 Å². The van der Waals surface area contributed by atoms with Crippen LogP contribution in [0.25, 0.3) is 0 Å². The molecule has 7 heteroatoms. The number of hydrogen-bond donors (Lipinski definition) is 2. The average Bonchev–Trinajstić information content (AvgIpc) is 2.72. The highest BCUT2D eigenvalue weighted by Crippen LogP contribution is 2.24. The van der Waals surface area contributed by atoms with E-state index in [1.807, 2.05) is 31.2 Å². The van der Waals surface area contributed by atoms with Crippen LogP contribution in [0.2, 0.25) is 0 Å². The van der Waals surface area contributed by atoms with Crippen LogP contribution in [0.3, 0.4) is 0 Å². The van der Waals surface area contributed by atoms with Crippen LogP contribution in [0.1, 0.15) is 70.0 Å². The van der Waals surface area contributed by atoms with E-state index in [1.165, 1.54) is 11.3 Å². The first kappa shape index (κ1) is 25.4. The van der Waals surface area contributed by atoms with Gasteiger partial charge in [0.1, 0.15) is 18.2 Å². The summed E-state index contributed by atoms with van der Waals surface area (Å²) >= 11 is 0. The van der Waals surface area contributed by atoms with Crippen LogP contribution in [0.15, 0.2) is 36.9 Å². The summed E-state index contributed by atoms with van der Waals surface area (Å²) in [4.78, 5) is 40.0. The number of benzene rings is 1. The second-order valence-corrected chi connectivity index (χ2v) is 9.35. The molecule has 1 aromatic carbocycles. The van der Waals surface area contributed by atoms with E-state index in [1.54, 1.807) is 26.8 Å². The molecule has 1 unspecified atom stereocenters. The van der Waals surface area contributed by atoms with Crippen LogP contribution >= 0.6 is 0 Å². The maximum absolute atomic E-state index is 13.4. The molecule has 0 saturated heterocycles. The first-order valence-corrected chi connectivity index (χ1v) is 11.3. The first-order valence-electron chi connectivity index (χ1n) is 11.3. The zero-order valence-corrected chi connectivity index (χ0v) is 19.8. The predicted octanol–water partition coefficient (Wildman–Crippen LogP) is 4.02. The highest BCUT2D eigenvalue weighted by Gasteiger charge is 2.32.